The molecular weight excluding hydrogens is 258 g/mol. The molecule has 102 valence electrons. The molecule has 1 heterocycles. The van der Waals surface area contributed by atoms with Gasteiger partial charge in [-0.05, 0) is 24.3 Å². The lowest BCUT2D eigenvalue weighted by molar-refractivity contribution is -0.118. The fourth-order valence-electron chi connectivity index (χ4n) is 1.57. The van der Waals surface area contributed by atoms with Gasteiger partial charge < -0.3 is 15.8 Å². The smallest absolute Gasteiger partial charge is 0.262 e. The number of para-hydroxylation sites is 1. The number of carbonyl (C=O) groups excluding carboxylic acids is 2. The van der Waals surface area contributed by atoms with Crippen molar-refractivity contribution in [1.29, 1.82) is 0 Å². The lowest BCUT2D eigenvalue weighted by Gasteiger charge is -2.09. The molecule has 6 nitrogen and oxygen atoms in total. The summed E-state index contributed by atoms with van der Waals surface area (Å²) in [5.74, 6) is -0.498. The SMILES string of the molecule is NC(=O)c1ccccc1NC(=O)COc1cccnc1. The molecule has 0 atom stereocenters. The van der Waals surface area contributed by atoms with Crippen LogP contribution < -0.4 is 15.8 Å². The van der Waals surface area contributed by atoms with Crippen LogP contribution in [0.15, 0.2) is 48.8 Å². The van der Waals surface area contributed by atoms with Crippen molar-refractivity contribution in [1.82, 2.24) is 4.98 Å². The van der Waals surface area contributed by atoms with Gasteiger partial charge in [-0.2, -0.15) is 0 Å². The highest BCUT2D eigenvalue weighted by Crippen LogP contribution is 2.14. The highest BCUT2D eigenvalue weighted by Gasteiger charge is 2.10. The molecule has 6 heteroatoms. The molecule has 2 amide bonds. The van der Waals surface area contributed by atoms with Crippen LogP contribution in [0.2, 0.25) is 0 Å². The minimum atomic E-state index is -0.603. The number of ether oxygens (including phenoxy) is 1. The van der Waals surface area contributed by atoms with Crippen molar-refractivity contribution in [2.75, 3.05) is 11.9 Å². The Balaban J connectivity index is 1.97. The lowest BCUT2D eigenvalue weighted by atomic mass is 10.1. The number of nitrogens with one attached hydrogen (secondary N) is 1. The Morgan fingerprint density at radius 2 is 2.00 bits per heavy atom. The fraction of sp³-hybridized carbons (Fsp3) is 0.0714. The van der Waals surface area contributed by atoms with E-state index >= 15 is 0 Å². The molecule has 3 N–H and O–H groups in total. The zero-order valence-corrected chi connectivity index (χ0v) is 10.6. The standard InChI is InChI=1S/C14H13N3O3/c15-14(19)11-5-1-2-6-12(11)17-13(18)9-20-10-4-3-7-16-8-10/h1-8H,9H2,(H2,15,19)(H,17,18). The highest BCUT2D eigenvalue weighted by atomic mass is 16.5. The number of pyridine rings is 1. The van der Waals surface area contributed by atoms with Gasteiger partial charge in [0.15, 0.2) is 6.61 Å². The van der Waals surface area contributed by atoms with Gasteiger partial charge in [0.1, 0.15) is 5.75 Å². The van der Waals surface area contributed by atoms with Crippen LogP contribution in [0, 0.1) is 0 Å². The normalized spacial score (nSPS) is 9.80. The molecule has 1 aromatic heterocycles. The quantitative estimate of drug-likeness (QED) is 0.854. The highest BCUT2D eigenvalue weighted by molar-refractivity contribution is 6.03. The number of primary amides is 1. The summed E-state index contributed by atoms with van der Waals surface area (Å²) in [5, 5.41) is 2.58. The Hall–Kier alpha value is -2.89. The van der Waals surface area contributed by atoms with Crippen LogP contribution in [0.1, 0.15) is 10.4 Å². The van der Waals surface area contributed by atoms with Gasteiger partial charge in [0.2, 0.25) is 0 Å². The van der Waals surface area contributed by atoms with E-state index in [2.05, 4.69) is 10.3 Å². The van der Waals surface area contributed by atoms with Gasteiger partial charge >= 0.3 is 0 Å². The van der Waals surface area contributed by atoms with E-state index in [9.17, 15) is 9.59 Å². The molecular formula is C14H13N3O3. The van der Waals surface area contributed by atoms with E-state index in [1.165, 1.54) is 6.20 Å². The Morgan fingerprint density at radius 1 is 1.20 bits per heavy atom. The maximum atomic E-state index is 11.8. The number of benzene rings is 1. The lowest BCUT2D eigenvalue weighted by Crippen LogP contribution is -2.22. The molecule has 0 fully saturated rings. The topological polar surface area (TPSA) is 94.3 Å². The van der Waals surface area contributed by atoms with Crippen molar-refractivity contribution < 1.29 is 14.3 Å². The van der Waals surface area contributed by atoms with E-state index in [-0.39, 0.29) is 18.1 Å². The second-order valence-corrected chi connectivity index (χ2v) is 3.94. The monoisotopic (exact) mass is 271 g/mol. The van der Waals surface area contributed by atoms with Crippen LogP contribution in [0.3, 0.4) is 0 Å². The van der Waals surface area contributed by atoms with Crippen LogP contribution in [-0.4, -0.2) is 23.4 Å². The van der Waals surface area contributed by atoms with Gasteiger partial charge in [0, 0.05) is 6.20 Å². The van der Waals surface area contributed by atoms with E-state index in [1.54, 1.807) is 42.6 Å². The number of carbonyl (C=O) groups is 2. The van der Waals surface area contributed by atoms with Gasteiger partial charge in [-0.3, -0.25) is 14.6 Å². The molecule has 0 unspecified atom stereocenters. The van der Waals surface area contributed by atoms with E-state index in [0.29, 0.717) is 11.4 Å². The average molecular weight is 271 g/mol. The van der Waals surface area contributed by atoms with Crippen LogP contribution in [-0.2, 0) is 4.79 Å². The van der Waals surface area contributed by atoms with Crippen molar-refractivity contribution in [3.8, 4) is 5.75 Å². The molecule has 0 aliphatic heterocycles. The molecule has 1 aromatic carbocycles. The van der Waals surface area contributed by atoms with Crippen molar-refractivity contribution in [3.05, 3.63) is 54.4 Å². The molecule has 0 saturated carbocycles. The predicted octanol–water partition coefficient (Wildman–Crippen LogP) is 1.20. The summed E-state index contributed by atoms with van der Waals surface area (Å²) in [6, 6.07) is 9.90. The number of amides is 2. The molecule has 0 aliphatic rings. The minimum Gasteiger partial charge on any atom is -0.482 e. The maximum Gasteiger partial charge on any atom is 0.262 e. The summed E-state index contributed by atoms with van der Waals surface area (Å²) in [5.41, 5.74) is 5.84. The van der Waals surface area contributed by atoms with Gasteiger partial charge in [0.25, 0.3) is 11.8 Å². The van der Waals surface area contributed by atoms with Crippen molar-refractivity contribution in [2.45, 2.75) is 0 Å². The third kappa shape index (κ3) is 3.55. The second kappa shape index (κ2) is 6.33. The first-order valence-electron chi connectivity index (χ1n) is 5.88. The number of hydrogen-bond donors (Lipinski definition) is 2. The van der Waals surface area contributed by atoms with E-state index in [0.717, 1.165) is 0 Å². The first kappa shape index (κ1) is 13.5. The van der Waals surface area contributed by atoms with Gasteiger partial charge in [-0.15, -0.1) is 0 Å². The fourth-order valence-corrected chi connectivity index (χ4v) is 1.57. The third-order valence-electron chi connectivity index (χ3n) is 2.47. The number of hydrogen-bond acceptors (Lipinski definition) is 4. The number of rotatable bonds is 5. The zero-order chi connectivity index (χ0) is 14.4. The zero-order valence-electron chi connectivity index (χ0n) is 10.6. The van der Waals surface area contributed by atoms with Crippen LogP contribution in [0.5, 0.6) is 5.75 Å². The van der Waals surface area contributed by atoms with Crippen molar-refractivity contribution in [3.63, 3.8) is 0 Å². The molecule has 0 radical (unpaired) electrons. The largest absolute Gasteiger partial charge is 0.482 e. The summed E-state index contributed by atoms with van der Waals surface area (Å²) in [6.07, 6.45) is 3.11. The first-order valence-corrected chi connectivity index (χ1v) is 5.88. The number of nitrogens with two attached hydrogens (primary N) is 1. The van der Waals surface area contributed by atoms with Gasteiger partial charge in [0.05, 0.1) is 17.4 Å². The Morgan fingerprint density at radius 3 is 2.70 bits per heavy atom. The Kier molecular flexibility index (Phi) is 4.28. The summed E-state index contributed by atoms with van der Waals surface area (Å²) >= 11 is 0. The van der Waals surface area contributed by atoms with E-state index in [4.69, 9.17) is 10.5 Å². The predicted molar refractivity (Wildman–Crippen MR) is 73.3 cm³/mol. The van der Waals surface area contributed by atoms with Gasteiger partial charge in [-0.25, -0.2) is 0 Å². The third-order valence-corrected chi connectivity index (χ3v) is 2.47. The maximum absolute atomic E-state index is 11.8. The molecule has 0 aliphatic carbocycles. The van der Waals surface area contributed by atoms with Crippen LogP contribution >= 0.6 is 0 Å². The Bertz CT molecular complexity index is 614. The summed E-state index contributed by atoms with van der Waals surface area (Å²) in [7, 11) is 0. The first-order chi connectivity index (χ1) is 9.66. The summed E-state index contributed by atoms with van der Waals surface area (Å²) in [4.78, 5) is 26.8. The summed E-state index contributed by atoms with van der Waals surface area (Å²) in [6.45, 7) is -0.182. The van der Waals surface area contributed by atoms with Crippen molar-refractivity contribution in [2.24, 2.45) is 5.73 Å². The molecule has 0 spiro atoms. The Labute approximate surface area is 115 Å². The number of aromatic nitrogens is 1. The van der Waals surface area contributed by atoms with Crippen LogP contribution in [0.4, 0.5) is 5.69 Å². The second-order valence-electron chi connectivity index (χ2n) is 3.94. The molecule has 0 bridgehead atoms. The van der Waals surface area contributed by atoms with E-state index < -0.39 is 5.91 Å². The van der Waals surface area contributed by atoms with Crippen LogP contribution in [0.25, 0.3) is 0 Å². The average Bonchev–Trinajstić information content (AvgIpc) is 2.46. The number of nitrogens with zero attached hydrogens (tertiary/aromatic N) is 1. The van der Waals surface area contributed by atoms with Gasteiger partial charge in [-0.1, -0.05) is 12.1 Å². The molecule has 2 rings (SSSR count). The summed E-state index contributed by atoms with van der Waals surface area (Å²) < 4.78 is 5.25. The molecule has 20 heavy (non-hydrogen) atoms. The molecule has 2 aromatic rings. The minimum absolute atomic E-state index is 0.182. The van der Waals surface area contributed by atoms with Crippen molar-refractivity contribution >= 4 is 17.5 Å². The number of anilines is 1. The molecule has 0 saturated heterocycles. The van der Waals surface area contributed by atoms with E-state index in [1.807, 2.05) is 0 Å².